The lowest BCUT2D eigenvalue weighted by molar-refractivity contribution is 0.272. The van der Waals surface area contributed by atoms with E-state index < -0.39 is 0 Å². The molecule has 3 rings (SSSR count). The van der Waals surface area contributed by atoms with Crippen LogP contribution in [0, 0.1) is 35.5 Å². The van der Waals surface area contributed by atoms with E-state index in [0.717, 1.165) is 35.5 Å². The molecule has 0 saturated heterocycles. The Morgan fingerprint density at radius 2 is 2.06 bits per heavy atom. The standard InChI is InChI=1S/C16H24/c1-4-5-6-14-10(2)15-12-7-8-13(9-12)16(15)11(14)3/h7-8,11-16H,2,4-6,9H2,1,3H3/t11-,12-,13+,14+,15?,16?/m0/s1. The van der Waals surface area contributed by atoms with Crippen molar-refractivity contribution < 1.29 is 0 Å². The molecule has 0 aromatic rings. The summed E-state index contributed by atoms with van der Waals surface area (Å²) in [5, 5.41) is 0. The molecule has 16 heavy (non-hydrogen) atoms. The molecule has 6 atom stereocenters. The highest BCUT2D eigenvalue weighted by Crippen LogP contribution is 2.62. The maximum absolute atomic E-state index is 4.47. The second-order valence-electron chi connectivity index (χ2n) is 6.23. The van der Waals surface area contributed by atoms with Gasteiger partial charge in [-0.2, -0.15) is 0 Å². The van der Waals surface area contributed by atoms with Crippen LogP contribution >= 0.6 is 0 Å². The SMILES string of the molecule is C=C1C2C([C@@H]3C=C[C@H]2C3)[C@@H](C)[C@@H]1CCCC. The molecule has 0 aromatic heterocycles. The van der Waals surface area contributed by atoms with Gasteiger partial charge in [-0.3, -0.25) is 0 Å². The fourth-order valence-electron chi connectivity index (χ4n) is 4.82. The Bertz CT molecular complexity index is 325. The first-order chi connectivity index (χ1) is 7.74. The highest BCUT2D eigenvalue weighted by molar-refractivity contribution is 5.29. The fraction of sp³-hybridized carbons (Fsp3) is 0.750. The third kappa shape index (κ3) is 1.28. The van der Waals surface area contributed by atoms with Gasteiger partial charge < -0.3 is 0 Å². The van der Waals surface area contributed by atoms with Crippen LogP contribution in [-0.4, -0.2) is 0 Å². The number of fused-ring (bicyclic) bond motifs is 5. The number of allylic oxidation sites excluding steroid dienone is 3. The largest absolute Gasteiger partial charge is 0.0993 e. The lowest BCUT2D eigenvalue weighted by Gasteiger charge is -2.24. The molecule has 0 nitrogen and oxygen atoms in total. The van der Waals surface area contributed by atoms with Crippen molar-refractivity contribution >= 4 is 0 Å². The third-order valence-electron chi connectivity index (χ3n) is 5.54. The van der Waals surface area contributed by atoms with E-state index in [2.05, 4.69) is 32.6 Å². The fourth-order valence-corrected chi connectivity index (χ4v) is 4.82. The van der Waals surface area contributed by atoms with Crippen LogP contribution < -0.4 is 0 Å². The van der Waals surface area contributed by atoms with Crippen LogP contribution in [0.3, 0.4) is 0 Å². The van der Waals surface area contributed by atoms with Gasteiger partial charge in [0.15, 0.2) is 0 Å². The average Bonchev–Trinajstić information content (AvgIpc) is 2.92. The average molecular weight is 216 g/mol. The number of hydrogen-bond donors (Lipinski definition) is 0. The minimum Gasteiger partial charge on any atom is -0.0993 e. The van der Waals surface area contributed by atoms with Gasteiger partial charge in [0.2, 0.25) is 0 Å². The van der Waals surface area contributed by atoms with Gasteiger partial charge in [-0.05, 0) is 48.3 Å². The molecule has 0 heteroatoms. The highest BCUT2D eigenvalue weighted by Gasteiger charge is 2.54. The molecule has 0 aliphatic heterocycles. The van der Waals surface area contributed by atoms with Crippen molar-refractivity contribution in [2.75, 3.05) is 0 Å². The second kappa shape index (κ2) is 3.75. The zero-order valence-electron chi connectivity index (χ0n) is 10.7. The lowest BCUT2D eigenvalue weighted by atomic mass is 9.80. The van der Waals surface area contributed by atoms with Crippen LogP contribution in [0.15, 0.2) is 24.3 Å². The quantitative estimate of drug-likeness (QED) is 0.612. The minimum atomic E-state index is 0.833. The van der Waals surface area contributed by atoms with E-state index in [1.165, 1.54) is 25.7 Å². The Hall–Kier alpha value is -0.520. The molecule has 2 fully saturated rings. The van der Waals surface area contributed by atoms with Crippen LogP contribution in [0.25, 0.3) is 0 Å². The van der Waals surface area contributed by atoms with E-state index in [1.807, 2.05) is 0 Å². The lowest BCUT2D eigenvalue weighted by Crippen LogP contribution is -2.19. The monoisotopic (exact) mass is 216 g/mol. The van der Waals surface area contributed by atoms with Crippen molar-refractivity contribution in [1.82, 2.24) is 0 Å². The molecule has 2 unspecified atom stereocenters. The molecule has 0 heterocycles. The summed E-state index contributed by atoms with van der Waals surface area (Å²) in [7, 11) is 0. The summed E-state index contributed by atoms with van der Waals surface area (Å²) in [5.74, 6) is 5.28. The van der Waals surface area contributed by atoms with E-state index in [-0.39, 0.29) is 0 Å². The van der Waals surface area contributed by atoms with Gasteiger partial charge in [-0.1, -0.05) is 51.0 Å². The molecule has 88 valence electrons. The smallest absolute Gasteiger partial charge is 0.0103 e. The van der Waals surface area contributed by atoms with Crippen molar-refractivity contribution in [2.24, 2.45) is 35.5 Å². The van der Waals surface area contributed by atoms with Gasteiger partial charge >= 0.3 is 0 Å². The van der Waals surface area contributed by atoms with Crippen LogP contribution in [0.2, 0.25) is 0 Å². The number of unbranched alkanes of at least 4 members (excludes halogenated alkanes) is 1. The Kier molecular flexibility index (Phi) is 2.49. The zero-order chi connectivity index (χ0) is 11.3. The van der Waals surface area contributed by atoms with Gasteiger partial charge in [0.05, 0.1) is 0 Å². The topological polar surface area (TPSA) is 0 Å². The molecule has 3 aliphatic carbocycles. The number of rotatable bonds is 3. The first-order valence-electron chi connectivity index (χ1n) is 7.11. The molecule has 2 bridgehead atoms. The van der Waals surface area contributed by atoms with Crippen molar-refractivity contribution in [1.29, 1.82) is 0 Å². The predicted octanol–water partition coefficient (Wildman–Crippen LogP) is 4.44. The Morgan fingerprint density at radius 1 is 1.31 bits per heavy atom. The zero-order valence-corrected chi connectivity index (χ0v) is 10.7. The van der Waals surface area contributed by atoms with Gasteiger partial charge in [-0.25, -0.2) is 0 Å². The number of hydrogen-bond acceptors (Lipinski definition) is 0. The van der Waals surface area contributed by atoms with Crippen LogP contribution in [0.4, 0.5) is 0 Å². The van der Waals surface area contributed by atoms with E-state index >= 15 is 0 Å². The molecular formula is C16H24. The van der Waals surface area contributed by atoms with Crippen molar-refractivity contribution in [3.63, 3.8) is 0 Å². The van der Waals surface area contributed by atoms with Gasteiger partial charge in [-0.15, -0.1) is 0 Å². The third-order valence-corrected chi connectivity index (χ3v) is 5.54. The molecule has 0 radical (unpaired) electrons. The van der Waals surface area contributed by atoms with Gasteiger partial charge in [0, 0.05) is 0 Å². The molecule has 3 aliphatic rings. The summed E-state index contributed by atoms with van der Waals surface area (Å²) in [6, 6.07) is 0. The van der Waals surface area contributed by atoms with Gasteiger partial charge in [0.1, 0.15) is 0 Å². The van der Waals surface area contributed by atoms with Crippen molar-refractivity contribution in [2.45, 2.75) is 39.5 Å². The van der Waals surface area contributed by atoms with Crippen molar-refractivity contribution in [3.8, 4) is 0 Å². The van der Waals surface area contributed by atoms with Gasteiger partial charge in [0.25, 0.3) is 0 Å². The Morgan fingerprint density at radius 3 is 2.75 bits per heavy atom. The maximum Gasteiger partial charge on any atom is -0.0103 e. The molecule has 0 N–H and O–H groups in total. The first kappa shape index (κ1) is 10.6. The summed E-state index contributed by atoms with van der Waals surface area (Å²) < 4.78 is 0. The van der Waals surface area contributed by atoms with Crippen LogP contribution in [0.5, 0.6) is 0 Å². The molecule has 0 spiro atoms. The predicted molar refractivity (Wildman–Crippen MR) is 69.0 cm³/mol. The summed E-state index contributed by atoms with van der Waals surface area (Å²) >= 11 is 0. The first-order valence-corrected chi connectivity index (χ1v) is 7.11. The van der Waals surface area contributed by atoms with E-state index in [9.17, 15) is 0 Å². The van der Waals surface area contributed by atoms with E-state index in [1.54, 1.807) is 5.57 Å². The highest BCUT2D eigenvalue weighted by atomic mass is 14.6. The van der Waals surface area contributed by atoms with Crippen LogP contribution in [-0.2, 0) is 0 Å². The molecule has 2 saturated carbocycles. The Balaban J connectivity index is 1.80. The summed E-state index contributed by atoms with van der Waals surface area (Å²) in [5.41, 5.74) is 1.61. The maximum atomic E-state index is 4.47. The summed E-state index contributed by atoms with van der Waals surface area (Å²) in [4.78, 5) is 0. The van der Waals surface area contributed by atoms with E-state index in [4.69, 9.17) is 0 Å². The minimum absolute atomic E-state index is 0.833. The van der Waals surface area contributed by atoms with Crippen LogP contribution in [0.1, 0.15) is 39.5 Å². The normalized spacial score (nSPS) is 49.0. The molecule has 0 amide bonds. The summed E-state index contributed by atoms with van der Waals surface area (Å²) in [6.45, 7) is 9.26. The Labute approximate surface area is 99.8 Å². The molecular weight excluding hydrogens is 192 g/mol. The summed E-state index contributed by atoms with van der Waals surface area (Å²) in [6.07, 6.45) is 10.5. The second-order valence-corrected chi connectivity index (χ2v) is 6.23. The molecule has 0 aromatic carbocycles. The van der Waals surface area contributed by atoms with Crippen molar-refractivity contribution in [3.05, 3.63) is 24.3 Å². The van der Waals surface area contributed by atoms with E-state index in [0.29, 0.717) is 0 Å².